The number of nitrogens with two attached hydrogens (primary N) is 1. The number of ether oxygens (including phenoxy) is 1. The van der Waals surface area contributed by atoms with Gasteiger partial charge in [0.15, 0.2) is 9.84 Å². The maximum atomic E-state index is 12.9. The molecule has 3 rings (SSSR count). The zero-order valence-electron chi connectivity index (χ0n) is 16.1. The van der Waals surface area contributed by atoms with Crippen LogP contribution in [-0.4, -0.2) is 26.6 Å². The van der Waals surface area contributed by atoms with Gasteiger partial charge in [0.05, 0.1) is 18.0 Å². The predicted octanol–water partition coefficient (Wildman–Crippen LogP) is 4.50. The summed E-state index contributed by atoms with van der Waals surface area (Å²) in [6.45, 7) is 4.00. The fourth-order valence-electron chi connectivity index (χ4n) is 2.79. The fourth-order valence-corrected chi connectivity index (χ4v) is 5.41. The van der Waals surface area contributed by atoms with Crippen LogP contribution in [0.1, 0.15) is 29.1 Å². The number of rotatable bonds is 8. The van der Waals surface area contributed by atoms with Gasteiger partial charge in [0.1, 0.15) is 20.5 Å². The van der Waals surface area contributed by atoms with Crippen LogP contribution in [-0.2, 0) is 9.84 Å². The van der Waals surface area contributed by atoms with Crippen LogP contribution in [0.5, 0.6) is 5.75 Å². The van der Waals surface area contributed by atoms with Crippen LogP contribution in [0.3, 0.4) is 0 Å². The molecular formula is C21H22N2O4S2. The van der Waals surface area contributed by atoms with Crippen molar-refractivity contribution >= 4 is 43.3 Å². The van der Waals surface area contributed by atoms with Crippen molar-refractivity contribution in [2.75, 3.05) is 23.4 Å². The fraction of sp³-hybridized carbons (Fsp3) is 0.190. The maximum Gasteiger partial charge on any atom is 0.205 e. The lowest BCUT2D eigenvalue weighted by atomic mass is 10.1. The molecule has 3 aromatic rings. The van der Waals surface area contributed by atoms with E-state index >= 15 is 0 Å². The molecule has 29 heavy (non-hydrogen) atoms. The summed E-state index contributed by atoms with van der Waals surface area (Å²) in [5, 5.41) is 3.43. The van der Waals surface area contributed by atoms with E-state index in [1.165, 1.54) is 0 Å². The second kappa shape index (κ2) is 8.67. The number of benzene rings is 2. The van der Waals surface area contributed by atoms with E-state index in [1.54, 1.807) is 61.5 Å². The molecule has 1 heterocycles. The highest BCUT2D eigenvalue weighted by molar-refractivity contribution is 7.92. The summed E-state index contributed by atoms with van der Waals surface area (Å²) in [4.78, 5) is 13.1. The monoisotopic (exact) mass is 430 g/mol. The van der Waals surface area contributed by atoms with Gasteiger partial charge in [-0.1, -0.05) is 37.3 Å². The Morgan fingerprint density at radius 2 is 1.72 bits per heavy atom. The van der Waals surface area contributed by atoms with Gasteiger partial charge in [-0.15, -0.1) is 11.3 Å². The second-order valence-corrected chi connectivity index (χ2v) is 9.42. The normalized spacial score (nSPS) is 11.2. The molecule has 1 aromatic heterocycles. The van der Waals surface area contributed by atoms with E-state index in [1.807, 2.05) is 6.92 Å². The average Bonchev–Trinajstić information content (AvgIpc) is 3.06. The summed E-state index contributed by atoms with van der Waals surface area (Å²) in [5.41, 5.74) is 7.28. The summed E-state index contributed by atoms with van der Waals surface area (Å²) in [6, 6.07) is 15.8. The first kappa shape index (κ1) is 20.9. The number of nitrogen functional groups attached to an aromatic ring is 1. The van der Waals surface area contributed by atoms with E-state index in [0.717, 1.165) is 11.3 Å². The van der Waals surface area contributed by atoms with Crippen LogP contribution >= 0.6 is 11.3 Å². The lowest BCUT2D eigenvalue weighted by molar-refractivity contribution is 0.104. The molecule has 0 unspecified atom stereocenters. The number of anilines is 3. The third-order valence-electron chi connectivity index (χ3n) is 4.26. The molecule has 0 spiro atoms. The standard InChI is InChI=1S/C21H22N2O4S2/c1-3-27-16-12-10-15(11-13-16)23-21-20(29(25,26)4-2)17(22)19(28-21)18(24)14-8-6-5-7-9-14/h5-13,23H,3-4,22H2,1-2H3. The minimum Gasteiger partial charge on any atom is -0.494 e. The Balaban J connectivity index is 2.04. The maximum absolute atomic E-state index is 12.9. The lowest BCUT2D eigenvalue weighted by Crippen LogP contribution is -2.09. The summed E-state index contributed by atoms with van der Waals surface area (Å²) >= 11 is 1.04. The van der Waals surface area contributed by atoms with Crippen LogP contribution in [0.15, 0.2) is 59.5 Å². The summed E-state index contributed by atoms with van der Waals surface area (Å²) in [5.74, 6) is 0.288. The Hall–Kier alpha value is -2.84. The van der Waals surface area contributed by atoms with Crippen molar-refractivity contribution in [2.24, 2.45) is 0 Å². The van der Waals surface area contributed by atoms with Crippen LogP contribution in [0.4, 0.5) is 16.4 Å². The minimum absolute atomic E-state index is 0.0147. The summed E-state index contributed by atoms with van der Waals surface area (Å²) < 4.78 is 30.8. The largest absolute Gasteiger partial charge is 0.494 e. The van der Waals surface area contributed by atoms with Gasteiger partial charge in [0, 0.05) is 11.3 Å². The second-order valence-electron chi connectivity index (χ2n) is 6.18. The Bertz CT molecular complexity index is 1110. The van der Waals surface area contributed by atoms with E-state index in [2.05, 4.69) is 5.32 Å². The molecule has 152 valence electrons. The first-order valence-corrected chi connectivity index (χ1v) is 11.6. The molecule has 6 nitrogen and oxygen atoms in total. The lowest BCUT2D eigenvalue weighted by Gasteiger charge is -2.09. The van der Waals surface area contributed by atoms with Crippen molar-refractivity contribution in [1.82, 2.24) is 0 Å². The zero-order chi connectivity index (χ0) is 21.0. The van der Waals surface area contributed by atoms with E-state index in [4.69, 9.17) is 10.5 Å². The zero-order valence-corrected chi connectivity index (χ0v) is 17.8. The quantitative estimate of drug-likeness (QED) is 0.511. The summed E-state index contributed by atoms with van der Waals surface area (Å²) in [6.07, 6.45) is 0. The van der Waals surface area contributed by atoms with Crippen molar-refractivity contribution in [2.45, 2.75) is 18.7 Å². The van der Waals surface area contributed by atoms with Gasteiger partial charge in [0.25, 0.3) is 0 Å². The molecule has 0 fully saturated rings. The molecule has 0 atom stereocenters. The number of nitrogens with one attached hydrogen (secondary N) is 1. The minimum atomic E-state index is -3.65. The Morgan fingerprint density at radius 3 is 2.31 bits per heavy atom. The molecule has 2 aromatic carbocycles. The molecule has 3 N–H and O–H groups in total. The van der Waals surface area contributed by atoms with Crippen LogP contribution < -0.4 is 15.8 Å². The van der Waals surface area contributed by atoms with Crippen LogP contribution in [0.25, 0.3) is 0 Å². The van der Waals surface area contributed by atoms with Crippen molar-refractivity contribution in [1.29, 1.82) is 0 Å². The van der Waals surface area contributed by atoms with E-state index in [9.17, 15) is 13.2 Å². The molecule has 0 bridgehead atoms. The number of sulfone groups is 1. The number of hydrogen-bond acceptors (Lipinski definition) is 7. The number of hydrogen-bond donors (Lipinski definition) is 2. The van der Waals surface area contributed by atoms with Crippen molar-refractivity contribution < 1.29 is 17.9 Å². The van der Waals surface area contributed by atoms with Gasteiger partial charge in [-0.25, -0.2) is 8.42 Å². The number of thiophene rings is 1. The highest BCUT2D eigenvalue weighted by Gasteiger charge is 2.29. The smallest absolute Gasteiger partial charge is 0.205 e. The summed E-state index contributed by atoms with van der Waals surface area (Å²) in [7, 11) is -3.65. The van der Waals surface area contributed by atoms with E-state index < -0.39 is 9.84 Å². The Labute approximate surface area is 174 Å². The average molecular weight is 431 g/mol. The third kappa shape index (κ3) is 4.44. The van der Waals surface area contributed by atoms with Gasteiger partial charge in [-0.2, -0.15) is 0 Å². The van der Waals surface area contributed by atoms with Gasteiger partial charge in [-0.05, 0) is 31.2 Å². The molecule has 0 amide bonds. The molecule has 0 aliphatic carbocycles. The van der Waals surface area contributed by atoms with Gasteiger partial charge in [0.2, 0.25) is 5.78 Å². The number of carbonyl (C=O) groups is 1. The molecule has 0 aliphatic rings. The number of carbonyl (C=O) groups excluding carboxylic acids is 1. The Kier molecular flexibility index (Phi) is 6.24. The topological polar surface area (TPSA) is 98.5 Å². The van der Waals surface area contributed by atoms with Crippen LogP contribution in [0.2, 0.25) is 0 Å². The SMILES string of the molecule is CCOc1ccc(Nc2sc(C(=O)c3ccccc3)c(N)c2S(=O)(=O)CC)cc1. The van der Waals surface area contributed by atoms with Gasteiger partial charge in [-0.3, -0.25) is 4.79 Å². The predicted molar refractivity (Wildman–Crippen MR) is 117 cm³/mol. The third-order valence-corrected chi connectivity index (χ3v) is 7.31. The van der Waals surface area contributed by atoms with Gasteiger partial charge >= 0.3 is 0 Å². The molecular weight excluding hydrogens is 408 g/mol. The Morgan fingerprint density at radius 1 is 1.07 bits per heavy atom. The molecule has 0 aliphatic heterocycles. The first-order valence-electron chi connectivity index (χ1n) is 9.12. The molecule has 8 heteroatoms. The van der Waals surface area contributed by atoms with Gasteiger partial charge < -0.3 is 15.8 Å². The first-order chi connectivity index (χ1) is 13.9. The highest BCUT2D eigenvalue weighted by Crippen LogP contribution is 2.42. The van der Waals surface area contributed by atoms with Crippen molar-refractivity contribution in [3.63, 3.8) is 0 Å². The van der Waals surface area contributed by atoms with E-state index in [-0.39, 0.29) is 27.0 Å². The molecule has 0 saturated heterocycles. The molecule has 0 radical (unpaired) electrons. The van der Waals surface area contributed by atoms with Crippen molar-refractivity contribution in [3.8, 4) is 5.75 Å². The van der Waals surface area contributed by atoms with E-state index in [0.29, 0.717) is 28.6 Å². The highest BCUT2D eigenvalue weighted by atomic mass is 32.2. The van der Waals surface area contributed by atoms with Crippen molar-refractivity contribution in [3.05, 3.63) is 65.0 Å². The van der Waals surface area contributed by atoms with Crippen LogP contribution in [0, 0.1) is 0 Å². The number of ketones is 1. The molecule has 0 saturated carbocycles.